The number of fused-ring (bicyclic) bond motifs is 3. The third kappa shape index (κ3) is 2.31. The van der Waals surface area contributed by atoms with Gasteiger partial charge in [-0.15, -0.1) is 0 Å². The van der Waals surface area contributed by atoms with Crippen LogP contribution >= 0.6 is 15.9 Å². The minimum atomic E-state index is -0.926. The van der Waals surface area contributed by atoms with E-state index in [1.807, 2.05) is 6.20 Å². The van der Waals surface area contributed by atoms with E-state index in [-0.39, 0.29) is 11.3 Å². The molecule has 3 heteroatoms. The molecule has 2 aromatic carbocycles. The predicted octanol–water partition coefficient (Wildman–Crippen LogP) is 5.41. The average Bonchev–Trinajstić information content (AvgIpc) is 3.10. The summed E-state index contributed by atoms with van der Waals surface area (Å²) < 4.78 is 1.06. The maximum atomic E-state index is 12.1. The van der Waals surface area contributed by atoms with Crippen LogP contribution in [0.25, 0.3) is 0 Å². The Morgan fingerprint density at radius 3 is 2.56 bits per heavy atom. The van der Waals surface area contributed by atoms with Crippen LogP contribution in [0.4, 0.5) is 0 Å². The van der Waals surface area contributed by atoms with Crippen molar-refractivity contribution in [1.29, 1.82) is 0 Å². The normalized spacial score (nSPS) is 28.8. The number of pyridine rings is 1. The molecule has 0 amide bonds. The van der Waals surface area contributed by atoms with Crippen LogP contribution in [0.2, 0.25) is 0 Å². The Morgan fingerprint density at radius 2 is 1.81 bits per heavy atom. The van der Waals surface area contributed by atoms with E-state index >= 15 is 0 Å². The van der Waals surface area contributed by atoms with Gasteiger partial charge in [0.2, 0.25) is 0 Å². The molecule has 0 spiro atoms. The Bertz CT molecular complexity index is 1000. The van der Waals surface area contributed by atoms with Gasteiger partial charge >= 0.3 is 0 Å². The maximum absolute atomic E-state index is 12.1. The van der Waals surface area contributed by atoms with Crippen molar-refractivity contribution in [2.75, 3.05) is 0 Å². The van der Waals surface area contributed by atoms with Crippen molar-refractivity contribution in [1.82, 2.24) is 4.98 Å². The second kappa shape index (κ2) is 6.02. The molecule has 0 saturated heterocycles. The van der Waals surface area contributed by atoms with Crippen LogP contribution in [-0.2, 0) is 17.4 Å². The van der Waals surface area contributed by atoms with E-state index in [1.54, 1.807) is 0 Å². The molecule has 2 nitrogen and oxygen atoms in total. The highest BCUT2D eigenvalue weighted by molar-refractivity contribution is 9.10. The van der Waals surface area contributed by atoms with Crippen LogP contribution in [0.3, 0.4) is 0 Å². The molecule has 3 unspecified atom stereocenters. The number of nitrogens with zero attached hydrogens (tertiary/aromatic N) is 1. The van der Waals surface area contributed by atoms with Gasteiger partial charge in [-0.25, -0.2) is 0 Å². The lowest BCUT2D eigenvalue weighted by Crippen LogP contribution is -2.45. The number of aromatic nitrogens is 1. The number of halogens is 1. The zero-order valence-corrected chi connectivity index (χ0v) is 16.9. The molecule has 1 saturated carbocycles. The number of hydrogen-bond donors (Lipinski definition) is 1. The molecule has 5 rings (SSSR count). The third-order valence-electron chi connectivity index (χ3n) is 6.65. The summed E-state index contributed by atoms with van der Waals surface area (Å²) in [5, 5.41) is 12.1. The molecule has 1 fully saturated rings. The van der Waals surface area contributed by atoms with Gasteiger partial charge in [0, 0.05) is 16.1 Å². The highest BCUT2D eigenvalue weighted by Gasteiger charge is 2.66. The fraction of sp³-hybridized carbons (Fsp3) is 0.292. The molecule has 1 aromatic heterocycles. The molecule has 3 aromatic rings. The Kier molecular flexibility index (Phi) is 3.82. The number of aryl methyl sites for hydroxylation is 1. The summed E-state index contributed by atoms with van der Waals surface area (Å²) in [7, 11) is 0. The maximum Gasteiger partial charge on any atom is 0.117 e. The lowest BCUT2D eigenvalue weighted by molar-refractivity contribution is -0.0188. The highest BCUT2D eigenvalue weighted by atomic mass is 79.9. The highest BCUT2D eigenvalue weighted by Crippen LogP contribution is 2.65. The molecule has 1 heterocycles. The van der Waals surface area contributed by atoms with Crippen LogP contribution in [-0.4, -0.2) is 10.1 Å². The molecule has 2 aliphatic rings. The second-order valence-electron chi connectivity index (χ2n) is 8.04. The van der Waals surface area contributed by atoms with Crippen molar-refractivity contribution in [3.63, 3.8) is 0 Å². The molecule has 1 N–H and O–H groups in total. The van der Waals surface area contributed by atoms with Crippen LogP contribution in [0.1, 0.15) is 46.7 Å². The van der Waals surface area contributed by atoms with Crippen LogP contribution in [0, 0.1) is 6.92 Å². The van der Waals surface area contributed by atoms with Gasteiger partial charge in [0.15, 0.2) is 0 Å². The Labute approximate surface area is 168 Å². The molecular weight excluding hydrogens is 398 g/mol. The zero-order valence-electron chi connectivity index (χ0n) is 15.3. The molecule has 2 aliphatic carbocycles. The topological polar surface area (TPSA) is 33.1 Å². The fourth-order valence-corrected chi connectivity index (χ4v) is 5.84. The van der Waals surface area contributed by atoms with E-state index in [0.717, 1.165) is 35.0 Å². The molecule has 27 heavy (non-hydrogen) atoms. The van der Waals surface area contributed by atoms with Gasteiger partial charge in [-0.3, -0.25) is 4.98 Å². The van der Waals surface area contributed by atoms with E-state index in [0.29, 0.717) is 0 Å². The first-order valence-corrected chi connectivity index (χ1v) is 10.3. The fourth-order valence-electron chi connectivity index (χ4n) is 5.57. The quantitative estimate of drug-likeness (QED) is 0.601. The first kappa shape index (κ1) is 17.2. The summed E-state index contributed by atoms with van der Waals surface area (Å²) in [4.78, 5) is 4.73. The Hall–Kier alpha value is -1.97. The van der Waals surface area contributed by atoms with Crippen molar-refractivity contribution in [2.24, 2.45) is 0 Å². The number of aliphatic hydroxyl groups is 1. The largest absolute Gasteiger partial charge is 0.383 e. The van der Waals surface area contributed by atoms with Crippen molar-refractivity contribution in [2.45, 2.75) is 43.1 Å². The summed E-state index contributed by atoms with van der Waals surface area (Å²) in [5.41, 5.74) is 4.44. The minimum absolute atomic E-state index is 0.263. The molecular formula is C24H22BrNO. The van der Waals surface area contributed by atoms with Crippen molar-refractivity contribution in [3.05, 3.63) is 99.3 Å². The molecule has 3 atom stereocenters. The Morgan fingerprint density at radius 1 is 1.07 bits per heavy atom. The lowest BCUT2D eigenvalue weighted by atomic mass is 9.64. The van der Waals surface area contributed by atoms with Gasteiger partial charge in [-0.05, 0) is 66.5 Å². The van der Waals surface area contributed by atoms with Crippen molar-refractivity contribution >= 4 is 15.9 Å². The summed E-state index contributed by atoms with van der Waals surface area (Å²) >= 11 is 3.56. The zero-order chi connectivity index (χ0) is 18.6. The first-order valence-electron chi connectivity index (χ1n) is 9.54. The summed E-state index contributed by atoms with van der Waals surface area (Å²) in [6.07, 6.45) is 4.43. The standard InChI is InChI=1S/C24H22BrNO/c1-16-13-18-14-23(19-7-9-20(25)10-8-19)21(17-5-3-2-4-6-17)11-12-24(23,27)22(18)26-15-16/h2-10,13,15,21,27H,11-12,14H2,1H3. The lowest BCUT2D eigenvalue weighted by Gasteiger charge is -2.41. The SMILES string of the molecule is Cc1cnc2c(c1)CC1(c3ccc(Br)cc3)C(c3ccccc3)CCC21O. The van der Waals surface area contributed by atoms with Gasteiger partial charge in [-0.2, -0.15) is 0 Å². The molecule has 0 bridgehead atoms. The molecule has 0 radical (unpaired) electrons. The number of benzene rings is 2. The van der Waals surface area contributed by atoms with E-state index in [1.165, 1.54) is 16.7 Å². The summed E-state index contributed by atoms with van der Waals surface area (Å²) in [6.45, 7) is 2.08. The number of hydrogen-bond acceptors (Lipinski definition) is 2. The van der Waals surface area contributed by atoms with E-state index in [2.05, 4.69) is 83.5 Å². The van der Waals surface area contributed by atoms with Crippen LogP contribution < -0.4 is 0 Å². The second-order valence-corrected chi connectivity index (χ2v) is 8.95. The number of rotatable bonds is 2. The van der Waals surface area contributed by atoms with Gasteiger partial charge < -0.3 is 5.11 Å². The van der Waals surface area contributed by atoms with E-state index in [9.17, 15) is 5.11 Å². The Balaban J connectivity index is 1.77. The van der Waals surface area contributed by atoms with Crippen LogP contribution in [0.15, 0.2) is 71.3 Å². The van der Waals surface area contributed by atoms with Crippen molar-refractivity contribution < 1.29 is 5.11 Å². The van der Waals surface area contributed by atoms with Crippen LogP contribution in [0.5, 0.6) is 0 Å². The monoisotopic (exact) mass is 419 g/mol. The van der Waals surface area contributed by atoms with Gasteiger partial charge in [0.25, 0.3) is 0 Å². The third-order valence-corrected chi connectivity index (χ3v) is 7.18. The summed E-state index contributed by atoms with van der Waals surface area (Å²) in [6, 6.07) is 21.4. The molecule has 136 valence electrons. The summed E-state index contributed by atoms with van der Waals surface area (Å²) in [5.74, 6) is 0.263. The predicted molar refractivity (Wildman–Crippen MR) is 111 cm³/mol. The smallest absolute Gasteiger partial charge is 0.117 e. The van der Waals surface area contributed by atoms with Gasteiger partial charge in [0.05, 0.1) is 5.69 Å². The van der Waals surface area contributed by atoms with E-state index in [4.69, 9.17) is 4.98 Å². The minimum Gasteiger partial charge on any atom is -0.383 e. The average molecular weight is 420 g/mol. The molecule has 0 aliphatic heterocycles. The van der Waals surface area contributed by atoms with Crippen molar-refractivity contribution in [3.8, 4) is 0 Å². The first-order chi connectivity index (χ1) is 13.0. The van der Waals surface area contributed by atoms with E-state index < -0.39 is 5.60 Å². The van der Waals surface area contributed by atoms with Gasteiger partial charge in [-0.1, -0.05) is 64.5 Å². The van der Waals surface area contributed by atoms with Gasteiger partial charge in [0.1, 0.15) is 5.60 Å².